The number of aromatic amines is 2. The van der Waals surface area contributed by atoms with Gasteiger partial charge in [0.1, 0.15) is 5.69 Å². The molecule has 2 aromatic carbocycles. The lowest BCUT2D eigenvalue weighted by atomic mass is 9.99. The molecule has 55 heavy (non-hydrogen) atoms. The summed E-state index contributed by atoms with van der Waals surface area (Å²) in [5.41, 5.74) is 6.05. The van der Waals surface area contributed by atoms with E-state index in [4.69, 9.17) is 14.9 Å². The summed E-state index contributed by atoms with van der Waals surface area (Å²) < 4.78 is 31.7. The zero-order chi connectivity index (χ0) is 39.5. The average molecular weight is 764 g/mol. The first-order chi connectivity index (χ1) is 26.3. The van der Waals surface area contributed by atoms with Gasteiger partial charge < -0.3 is 30.5 Å². The van der Waals surface area contributed by atoms with Gasteiger partial charge in [-0.15, -0.1) is 0 Å². The van der Waals surface area contributed by atoms with Crippen LogP contribution in [-0.2, 0) is 11.3 Å². The molecule has 12 nitrogen and oxygen atoms in total. The molecule has 0 bridgehead atoms. The molecule has 0 unspecified atom stereocenters. The first-order valence-electron chi connectivity index (χ1n) is 18.8. The molecule has 0 aliphatic carbocycles. The van der Waals surface area contributed by atoms with E-state index in [0.29, 0.717) is 17.3 Å². The maximum atomic E-state index is 13.4. The predicted molar refractivity (Wildman–Crippen MR) is 210 cm³/mol. The second-order valence-corrected chi connectivity index (χ2v) is 14.8. The summed E-state index contributed by atoms with van der Waals surface area (Å²) >= 11 is 0. The fraction of sp³-hybridized carbons (Fsp3) is 0.450. The van der Waals surface area contributed by atoms with Crippen LogP contribution in [0.4, 0.5) is 18.9 Å². The van der Waals surface area contributed by atoms with Gasteiger partial charge in [-0.2, -0.15) is 18.3 Å². The molecule has 3 aromatic heterocycles. The number of hydrogen-bond acceptors (Lipinski definition) is 8. The fourth-order valence-corrected chi connectivity index (χ4v) is 6.81. The molecule has 0 atom stereocenters. The van der Waals surface area contributed by atoms with E-state index in [0.717, 1.165) is 83.8 Å². The molecule has 0 saturated carbocycles. The molecule has 2 saturated heterocycles. The van der Waals surface area contributed by atoms with Crippen LogP contribution >= 0.6 is 0 Å². The van der Waals surface area contributed by atoms with Crippen molar-refractivity contribution in [3.05, 3.63) is 78.4 Å². The van der Waals surface area contributed by atoms with Gasteiger partial charge in [0.15, 0.2) is 0 Å². The maximum Gasteiger partial charge on any atom is 0.490 e. The van der Waals surface area contributed by atoms with Gasteiger partial charge in [0, 0.05) is 94.5 Å². The van der Waals surface area contributed by atoms with Gasteiger partial charge in [-0.25, -0.2) is 9.78 Å². The fourth-order valence-electron chi connectivity index (χ4n) is 6.81. The Kier molecular flexibility index (Phi) is 14.4. The number of halogens is 3. The van der Waals surface area contributed by atoms with Crippen LogP contribution in [0.2, 0.25) is 0 Å². The highest BCUT2D eigenvalue weighted by Gasteiger charge is 2.38. The first-order valence-corrected chi connectivity index (χ1v) is 18.8. The van der Waals surface area contributed by atoms with E-state index in [1.165, 1.54) is 32.7 Å². The van der Waals surface area contributed by atoms with Gasteiger partial charge in [-0.1, -0.05) is 45.9 Å². The zero-order valence-corrected chi connectivity index (χ0v) is 31.9. The Hall–Kier alpha value is -4.83. The summed E-state index contributed by atoms with van der Waals surface area (Å²) in [5.74, 6) is -1.48. The molecule has 5 aromatic rings. The molecular weight excluding hydrogens is 711 g/mol. The van der Waals surface area contributed by atoms with Crippen molar-refractivity contribution < 1.29 is 27.9 Å². The monoisotopic (exact) mass is 763 g/mol. The van der Waals surface area contributed by atoms with Crippen molar-refractivity contribution in [1.82, 2.24) is 40.2 Å². The Labute approximate surface area is 319 Å². The number of aromatic nitrogens is 4. The topological polar surface area (TPSA) is 146 Å². The molecule has 15 heteroatoms. The van der Waals surface area contributed by atoms with Crippen LogP contribution in [0.25, 0.3) is 32.9 Å². The molecule has 7 rings (SSSR count). The number of carbonyl (C=O) groups excluding carboxylic acids is 1. The summed E-state index contributed by atoms with van der Waals surface area (Å²) in [6.45, 7) is 21.3. The number of carboxylic acid groups (broad SMARTS) is 1. The van der Waals surface area contributed by atoms with E-state index in [-0.39, 0.29) is 5.91 Å². The standard InChI is InChI=1S/C30H33N7O.C8H18N2.C2HF3O2/c1-20(2)18-36-11-13-37(14-12-36)19-22-5-3-8-27(33-22)30(38)34-28-15-21(16-29-25(28)17-32-35-29)23-6-4-7-26-24(23)9-10-31-26;1-8(2)7-10-5-3-9-4-6-10;3-2(4,5)1(6)7/h3-10,15-17,20,31H,11-14,18-19H2,1-2H3,(H,32,35)(H,34,38);8-9H,3-7H2,1-2H3;(H,6,7). The number of carbonyl (C=O) groups is 2. The van der Waals surface area contributed by atoms with E-state index in [2.05, 4.69) is 92.5 Å². The van der Waals surface area contributed by atoms with Crippen molar-refractivity contribution in [2.45, 2.75) is 40.4 Å². The number of anilines is 1. The van der Waals surface area contributed by atoms with Crippen molar-refractivity contribution in [2.24, 2.45) is 11.8 Å². The quantitative estimate of drug-likeness (QED) is 0.117. The number of nitrogens with zero attached hydrogens (tertiary/aromatic N) is 5. The van der Waals surface area contributed by atoms with Crippen LogP contribution in [-0.4, -0.2) is 123 Å². The number of benzene rings is 2. The number of fused-ring (bicyclic) bond motifs is 2. The van der Waals surface area contributed by atoms with Crippen molar-refractivity contribution in [2.75, 3.05) is 70.8 Å². The lowest BCUT2D eigenvalue weighted by molar-refractivity contribution is -0.192. The minimum atomic E-state index is -5.08. The highest BCUT2D eigenvalue weighted by atomic mass is 19.4. The minimum absolute atomic E-state index is 0.229. The summed E-state index contributed by atoms with van der Waals surface area (Å²) in [6, 6.07) is 18.0. The molecule has 296 valence electrons. The van der Waals surface area contributed by atoms with Crippen LogP contribution in [0.15, 0.2) is 67.0 Å². The third-order valence-electron chi connectivity index (χ3n) is 9.30. The Morgan fingerprint density at radius 3 is 2.13 bits per heavy atom. The normalized spacial score (nSPS) is 15.8. The number of nitrogens with one attached hydrogen (secondary N) is 4. The number of alkyl halides is 3. The second kappa shape index (κ2) is 19.2. The molecule has 2 aliphatic heterocycles. The maximum absolute atomic E-state index is 13.4. The van der Waals surface area contributed by atoms with Crippen LogP contribution < -0.4 is 10.6 Å². The van der Waals surface area contributed by atoms with Gasteiger partial charge in [0.2, 0.25) is 0 Å². The van der Waals surface area contributed by atoms with E-state index in [1.54, 1.807) is 12.3 Å². The Bertz CT molecular complexity index is 2000. The number of carboxylic acids is 1. The van der Waals surface area contributed by atoms with Crippen LogP contribution in [0.5, 0.6) is 0 Å². The van der Waals surface area contributed by atoms with E-state index < -0.39 is 12.1 Å². The number of hydrogen-bond donors (Lipinski definition) is 5. The summed E-state index contributed by atoms with van der Waals surface area (Å²) in [6.07, 6.45) is -1.40. The first kappa shape index (κ1) is 41.3. The molecule has 5 N–H and O–H groups in total. The Balaban J connectivity index is 0.000000283. The lowest BCUT2D eigenvalue weighted by Crippen LogP contribution is -2.47. The van der Waals surface area contributed by atoms with Crippen LogP contribution in [0.1, 0.15) is 43.9 Å². The van der Waals surface area contributed by atoms with Gasteiger partial charge in [0.05, 0.1) is 23.1 Å². The predicted octanol–water partition coefficient (Wildman–Crippen LogP) is 6.31. The van der Waals surface area contributed by atoms with Gasteiger partial charge >= 0.3 is 12.1 Å². The number of H-pyrrole nitrogens is 2. The SMILES string of the molecule is CC(C)CN1CCN(Cc2cccc(C(=O)Nc3cc(-c4cccc5[nH]ccc45)cc4[nH]ncc34)n2)CC1.CC(C)CN1CCNCC1.O=C(O)C(F)(F)F. The number of rotatable bonds is 9. The van der Waals surface area contributed by atoms with Crippen molar-refractivity contribution in [1.29, 1.82) is 0 Å². The molecule has 5 heterocycles. The Morgan fingerprint density at radius 1 is 0.836 bits per heavy atom. The van der Waals surface area contributed by atoms with Gasteiger partial charge in [-0.05, 0) is 59.4 Å². The highest BCUT2D eigenvalue weighted by Crippen LogP contribution is 2.34. The van der Waals surface area contributed by atoms with Crippen molar-refractivity contribution >= 4 is 39.4 Å². The van der Waals surface area contributed by atoms with Gasteiger partial charge in [-0.3, -0.25) is 14.8 Å². The largest absolute Gasteiger partial charge is 0.490 e. The minimum Gasteiger partial charge on any atom is -0.475 e. The smallest absolute Gasteiger partial charge is 0.475 e. The molecule has 0 radical (unpaired) electrons. The van der Waals surface area contributed by atoms with E-state index in [1.807, 2.05) is 30.5 Å². The third kappa shape index (κ3) is 12.1. The van der Waals surface area contributed by atoms with Crippen LogP contribution in [0.3, 0.4) is 0 Å². The molecular formula is C40H52F3N9O3. The molecule has 2 aliphatic rings. The second-order valence-electron chi connectivity index (χ2n) is 14.8. The number of piperazine rings is 2. The molecule has 1 amide bonds. The molecule has 0 spiro atoms. The molecule has 2 fully saturated rings. The number of amides is 1. The number of pyridine rings is 1. The summed E-state index contributed by atoms with van der Waals surface area (Å²) in [7, 11) is 0. The Morgan fingerprint density at radius 2 is 1.47 bits per heavy atom. The van der Waals surface area contributed by atoms with E-state index >= 15 is 0 Å². The van der Waals surface area contributed by atoms with Crippen LogP contribution in [0, 0.1) is 11.8 Å². The number of aliphatic carboxylic acids is 1. The highest BCUT2D eigenvalue weighted by molar-refractivity contribution is 6.09. The lowest BCUT2D eigenvalue weighted by Gasteiger charge is -2.35. The van der Waals surface area contributed by atoms with Gasteiger partial charge in [0.25, 0.3) is 5.91 Å². The van der Waals surface area contributed by atoms with Crippen molar-refractivity contribution in [3.63, 3.8) is 0 Å². The van der Waals surface area contributed by atoms with E-state index in [9.17, 15) is 18.0 Å². The van der Waals surface area contributed by atoms with Crippen molar-refractivity contribution in [3.8, 4) is 11.1 Å². The summed E-state index contributed by atoms with van der Waals surface area (Å²) in [5, 5.41) is 22.8. The average Bonchev–Trinajstić information content (AvgIpc) is 3.83. The summed E-state index contributed by atoms with van der Waals surface area (Å²) in [4.78, 5) is 37.7. The zero-order valence-electron chi connectivity index (χ0n) is 31.9. The third-order valence-corrected chi connectivity index (χ3v) is 9.30.